The van der Waals surface area contributed by atoms with E-state index >= 15 is 0 Å². The summed E-state index contributed by atoms with van der Waals surface area (Å²) in [6.07, 6.45) is 6.03. The zero-order valence-electron chi connectivity index (χ0n) is 16.5. The molecule has 7 heterocycles. The Kier molecular flexibility index (Phi) is 3.81. The Labute approximate surface area is 170 Å². The topological polar surface area (TPSA) is 48.4 Å². The summed E-state index contributed by atoms with van der Waals surface area (Å²) in [6, 6.07) is 18.7. The Balaban J connectivity index is 1.54. The number of hydrogen-bond donors (Lipinski definition) is 0. The summed E-state index contributed by atoms with van der Waals surface area (Å²) < 4.78 is 0. The average molecular weight is 384 g/mol. The molecule has 0 N–H and O–H groups in total. The standard InChI is InChI=1S/C23H24N6/c1-23-14-27-20(17-8-2-5-11-24-17)28(15-23)22(19-10-4-7-13-26-19)29(16-23)21(27)18-9-3-6-12-25-18/h2-13,20-22H,14-16H2,1H3. The highest BCUT2D eigenvalue weighted by atomic mass is 15.6. The molecule has 4 bridgehead atoms. The molecule has 0 aliphatic carbocycles. The molecule has 29 heavy (non-hydrogen) atoms. The van der Waals surface area contributed by atoms with Crippen LogP contribution in [0.15, 0.2) is 73.2 Å². The van der Waals surface area contributed by atoms with E-state index in [1.165, 1.54) is 0 Å². The second-order valence-electron chi connectivity index (χ2n) is 8.71. The smallest absolute Gasteiger partial charge is 0.109 e. The average Bonchev–Trinajstić information content (AvgIpc) is 2.75. The van der Waals surface area contributed by atoms with Gasteiger partial charge in [0.25, 0.3) is 0 Å². The van der Waals surface area contributed by atoms with Gasteiger partial charge in [0, 0.05) is 43.6 Å². The van der Waals surface area contributed by atoms with Crippen LogP contribution in [0, 0.1) is 5.41 Å². The van der Waals surface area contributed by atoms with Gasteiger partial charge in [-0.25, -0.2) is 0 Å². The molecule has 0 atom stereocenters. The van der Waals surface area contributed by atoms with Crippen LogP contribution in [0.2, 0.25) is 0 Å². The second kappa shape index (κ2) is 6.42. The number of pyridine rings is 3. The fourth-order valence-corrected chi connectivity index (χ4v) is 5.57. The molecule has 3 aromatic rings. The second-order valence-corrected chi connectivity index (χ2v) is 8.71. The third-order valence-corrected chi connectivity index (χ3v) is 6.43. The van der Waals surface area contributed by atoms with Crippen molar-refractivity contribution in [3.63, 3.8) is 0 Å². The van der Waals surface area contributed by atoms with E-state index in [-0.39, 0.29) is 23.9 Å². The van der Waals surface area contributed by atoms with E-state index in [9.17, 15) is 0 Å². The van der Waals surface area contributed by atoms with Gasteiger partial charge >= 0.3 is 0 Å². The van der Waals surface area contributed by atoms with Crippen LogP contribution >= 0.6 is 0 Å². The predicted molar refractivity (Wildman–Crippen MR) is 109 cm³/mol. The zero-order valence-corrected chi connectivity index (χ0v) is 16.5. The molecule has 0 aromatic carbocycles. The van der Waals surface area contributed by atoms with Crippen molar-refractivity contribution >= 4 is 0 Å². The lowest BCUT2D eigenvalue weighted by atomic mass is 9.78. The lowest BCUT2D eigenvalue weighted by Gasteiger charge is -2.69. The third kappa shape index (κ3) is 2.64. The highest BCUT2D eigenvalue weighted by molar-refractivity contribution is 5.24. The van der Waals surface area contributed by atoms with Gasteiger partial charge < -0.3 is 0 Å². The first-order valence-corrected chi connectivity index (χ1v) is 10.2. The van der Waals surface area contributed by atoms with Crippen LogP contribution < -0.4 is 0 Å². The molecule has 146 valence electrons. The Morgan fingerprint density at radius 3 is 1.24 bits per heavy atom. The van der Waals surface area contributed by atoms with E-state index in [4.69, 9.17) is 15.0 Å². The SMILES string of the molecule is CC12CN3C(c4ccccn4)N(C1)C(c1ccccn1)N(C2)C3c1ccccn1. The van der Waals surface area contributed by atoms with Crippen LogP contribution in [0.4, 0.5) is 0 Å². The molecule has 0 spiro atoms. The first-order chi connectivity index (χ1) is 14.2. The minimum absolute atomic E-state index is 0.111. The number of aromatic nitrogens is 3. The summed E-state index contributed by atoms with van der Waals surface area (Å²) in [5.74, 6) is 0. The van der Waals surface area contributed by atoms with Gasteiger partial charge in [0.15, 0.2) is 0 Å². The van der Waals surface area contributed by atoms with Crippen molar-refractivity contribution in [1.29, 1.82) is 0 Å². The fraction of sp³-hybridized carbons (Fsp3) is 0.348. The van der Waals surface area contributed by atoms with Crippen molar-refractivity contribution in [2.75, 3.05) is 19.6 Å². The quantitative estimate of drug-likeness (QED) is 0.691. The van der Waals surface area contributed by atoms with Gasteiger partial charge in [-0.3, -0.25) is 29.7 Å². The minimum Gasteiger partial charge on any atom is -0.261 e. The molecule has 6 heteroatoms. The Bertz CT molecular complexity index is 854. The maximum atomic E-state index is 4.76. The molecular formula is C23H24N6. The van der Waals surface area contributed by atoms with Gasteiger partial charge in [-0.15, -0.1) is 0 Å². The third-order valence-electron chi connectivity index (χ3n) is 6.43. The summed E-state index contributed by atoms with van der Waals surface area (Å²) in [5.41, 5.74) is 3.51. The molecule has 0 unspecified atom stereocenters. The van der Waals surface area contributed by atoms with E-state index in [0.29, 0.717) is 0 Å². The van der Waals surface area contributed by atoms with Crippen LogP contribution in [-0.2, 0) is 0 Å². The highest BCUT2D eigenvalue weighted by Gasteiger charge is 2.60. The Morgan fingerprint density at radius 2 is 0.966 bits per heavy atom. The van der Waals surface area contributed by atoms with Gasteiger partial charge in [-0.1, -0.05) is 25.1 Å². The zero-order chi connectivity index (χ0) is 19.4. The summed E-state index contributed by atoms with van der Waals surface area (Å²) in [4.78, 5) is 22.0. The van der Waals surface area contributed by atoms with E-state index < -0.39 is 0 Å². The van der Waals surface area contributed by atoms with Crippen molar-refractivity contribution < 1.29 is 0 Å². The first-order valence-electron chi connectivity index (χ1n) is 10.2. The monoisotopic (exact) mass is 384 g/mol. The number of nitrogens with zero attached hydrogens (tertiary/aromatic N) is 6. The Hall–Kier alpha value is -2.67. The molecule has 4 fully saturated rings. The number of rotatable bonds is 3. The Morgan fingerprint density at radius 1 is 0.621 bits per heavy atom. The van der Waals surface area contributed by atoms with Crippen molar-refractivity contribution in [2.45, 2.75) is 25.4 Å². The molecular weight excluding hydrogens is 360 g/mol. The van der Waals surface area contributed by atoms with Gasteiger partial charge in [-0.05, 0) is 36.4 Å². The summed E-state index contributed by atoms with van der Waals surface area (Å²) in [6.45, 7) is 5.52. The number of hydrogen-bond acceptors (Lipinski definition) is 6. The molecule has 3 aromatic heterocycles. The largest absolute Gasteiger partial charge is 0.261 e. The van der Waals surface area contributed by atoms with Crippen LogP contribution in [0.3, 0.4) is 0 Å². The van der Waals surface area contributed by atoms with Crippen LogP contribution in [-0.4, -0.2) is 49.3 Å². The lowest BCUT2D eigenvalue weighted by molar-refractivity contribution is -0.284. The lowest BCUT2D eigenvalue weighted by Crippen LogP contribution is -2.74. The molecule has 0 radical (unpaired) electrons. The van der Waals surface area contributed by atoms with Gasteiger partial charge in [0.2, 0.25) is 0 Å². The minimum atomic E-state index is 0.111. The molecule has 4 saturated heterocycles. The molecule has 0 amide bonds. The predicted octanol–water partition coefficient (Wildman–Crippen LogP) is 3.22. The maximum absolute atomic E-state index is 4.76. The van der Waals surface area contributed by atoms with Crippen LogP contribution in [0.1, 0.15) is 42.5 Å². The summed E-state index contributed by atoms with van der Waals surface area (Å²) in [7, 11) is 0. The molecule has 7 rings (SSSR count). The van der Waals surface area contributed by atoms with E-state index in [0.717, 1.165) is 36.7 Å². The van der Waals surface area contributed by atoms with Gasteiger partial charge in [0.1, 0.15) is 18.5 Å². The molecule has 0 saturated carbocycles. The van der Waals surface area contributed by atoms with Crippen LogP contribution in [0.5, 0.6) is 0 Å². The first kappa shape index (κ1) is 17.2. The maximum Gasteiger partial charge on any atom is 0.109 e. The summed E-state index contributed by atoms with van der Waals surface area (Å²) >= 11 is 0. The highest BCUT2D eigenvalue weighted by Crippen LogP contribution is 2.56. The molecule has 4 aliphatic rings. The fourth-order valence-electron chi connectivity index (χ4n) is 5.57. The summed E-state index contributed by atoms with van der Waals surface area (Å²) in [5, 5.41) is 0. The van der Waals surface area contributed by atoms with Crippen molar-refractivity contribution in [3.8, 4) is 0 Å². The van der Waals surface area contributed by atoms with Crippen molar-refractivity contribution in [1.82, 2.24) is 29.7 Å². The van der Waals surface area contributed by atoms with Gasteiger partial charge in [0.05, 0.1) is 17.1 Å². The van der Waals surface area contributed by atoms with E-state index in [1.54, 1.807) is 0 Å². The van der Waals surface area contributed by atoms with Gasteiger partial charge in [-0.2, -0.15) is 0 Å². The van der Waals surface area contributed by atoms with E-state index in [2.05, 4.69) is 58.0 Å². The molecule has 6 nitrogen and oxygen atoms in total. The van der Waals surface area contributed by atoms with Crippen molar-refractivity contribution in [3.05, 3.63) is 90.3 Å². The normalized spacial score (nSPS) is 37.6. The van der Waals surface area contributed by atoms with Crippen molar-refractivity contribution in [2.24, 2.45) is 5.41 Å². The van der Waals surface area contributed by atoms with E-state index in [1.807, 2.05) is 36.8 Å². The van der Waals surface area contributed by atoms with Crippen LogP contribution in [0.25, 0.3) is 0 Å². The molecule has 4 aliphatic heterocycles.